The zero-order chi connectivity index (χ0) is 15.0. The van der Waals surface area contributed by atoms with E-state index in [1.807, 2.05) is 37.3 Å². The highest BCUT2D eigenvalue weighted by molar-refractivity contribution is 9.10. The molecule has 5 heteroatoms. The third kappa shape index (κ3) is 2.85. The van der Waals surface area contributed by atoms with Crippen molar-refractivity contribution in [2.24, 2.45) is 0 Å². The summed E-state index contributed by atoms with van der Waals surface area (Å²) < 4.78 is 25.3. The molecule has 0 saturated heterocycles. The van der Waals surface area contributed by atoms with E-state index in [0.29, 0.717) is 11.3 Å². The van der Waals surface area contributed by atoms with Crippen LogP contribution >= 0.6 is 15.9 Å². The quantitative estimate of drug-likeness (QED) is 0.871. The van der Waals surface area contributed by atoms with E-state index in [0.717, 1.165) is 15.7 Å². The normalized spacial score (nSPS) is 19.8. The highest BCUT2D eigenvalue weighted by Crippen LogP contribution is 2.36. The molecule has 0 fully saturated rings. The summed E-state index contributed by atoms with van der Waals surface area (Å²) in [7, 11) is -3.14. The van der Waals surface area contributed by atoms with Crippen LogP contribution in [0.2, 0.25) is 0 Å². The number of hydrogen-bond donors (Lipinski definition) is 1. The Balaban J connectivity index is 1.97. The van der Waals surface area contributed by atoms with Crippen LogP contribution in [-0.2, 0) is 9.84 Å². The van der Waals surface area contributed by atoms with Crippen molar-refractivity contribution < 1.29 is 8.42 Å². The molecule has 1 aliphatic heterocycles. The van der Waals surface area contributed by atoms with Crippen molar-refractivity contribution >= 4 is 31.5 Å². The molecule has 3 nitrogen and oxygen atoms in total. The molecule has 0 saturated carbocycles. The van der Waals surface area contributed by atoms with Gasteiger partial charge in [0.15, 0.2) is 9.84 Å². The van der Waals surface area contributed by atoms with Gasteiger partial charge in [-0.1, -0.05) is 24.3 Å². The summed E-state index contributed by atoms with van der Waals surface area (Å²) in [4.78, 5) is 0.456. The van der Waals surface area contributed by atoms with Gasteiger partial charge in [-0.05, 0) is 58.6 Å². The minimum Gasteiger partial charge on any atom is -0.377 e. The number of aryl methyl sites for hydroxylation is 1. The molecule has 0 radical (unpaired) electrons. The third-order valence-corrected chi connectivity index (χ3v) is 6.23. The minimum absolute atomic E-state index is 0.0173. The first-order valence-electron chi connectivity index (χ1n) is 6.82. The topological polar surface area (TPSA) is 46.2 Å². The summed E-state index contributed by atoms with van der Waals surface area (Å²) in [6.45, 7) is 2.04. The Kier molecular flexibility index (Phi) is 3.80. The standard InChI is InChI=1S/C16H16BrNO2S/c1-11-6-7-15(13(17)10-11)18-14-8-9-21(19,20)16-5-3-2-4-12(14)16/h2-7,10,14,18H,8-9H2,1H3. The molecule has 110 valence electrons. The van der Waals surface area contributed by atoms with E-state index < -0.39 is 9.84 Å². The number of benzene rings is 2. The number of nitrogens with one attached hydrogen (secondary N) is 1. The van der Waals surface area contributed by atoms with Crippen LogP contribution in [0.25, 0.3) is 0 Å². The fourth-order valence-corrected chi connectivity index (χ4v) is 4.89. The van der Waals surface area contributed by atoms with E-state index in [-0.39, 0.29) is 11.8 Å². The predicted octanol–water partition coefficient (Wildman–Crippen LogP) is 4.09. The monoisotopic (exact) mass is 365 g/mol. The molecule has 3 rings (SSSR count). The number of anilines is 1. The zero-order valence-electron chi connectivity index (χ0n) is 11.6. The van der Waals surface area contributed by atoms with Gasteiger partial charge in [0.05, 0.1) is 16.7 Å². The van der Waals surface area contributed by atoms with Gasteiger partial charge in [0.2, 0.25) is 0 Å². The second kappa shape index (κ2) is 5.46. The van der Waals surface area contributed by atoms with Crippen LogP contribution in [0.3, 0.4) is 0 Å². The van der Waals surface area contributed by atoms with Gasteiger partial charge in [0.25, 0.3) is 0 Å². The summed E-state index contributed by atoms with van der Waals surface area (Å²) in [5, 5.41) is 3.46. The largest absolute Gasteiger partial charge is 0.377 e. The number of rotatable bonds is 2. The Morgan fingerprint density at radius 1 is 1.19 bits per heavy atom. The van der Waals surface area contributed by atoms with Crippen molar-refractivity contribution in [1.82, 2.24) is 0 Å². The maximum absolute atomic E-state index is 12.1. The summed E-state index contributed by atoms with van der Waals surface area (Å²) in [5.74, 6) is 0.186. The zero-order valence-corrected chi connectivity index (χ0v) is 14.0. The number of sulfone groups is 1. The van der Waals surface area contributed by atoms with Crippen LogP contribution in [0.5, 0.6) is 0 Å². The lowest BCUT2D eigenvalue weighted by atomic mass is 10.0. The Morgan fingerprint density at radius 2 is 1.95 bits per heavy atom. The lowest BCUT2D eigenvalue weighted by Gasteiger charge is -2.27. The molecule has 21 heavy (non-hydrogen) atoms. The van der Waals surface area contributed by atoms with Gasteiger partial charge >= 0.3 is 0 Å². The van der Waals surface area contributed by atoms with E-state index in [1.54, 1.807) is 12.1 Å². The Bertz CT molecular complexity index is 787. The predicted molar refractivity (Wildman–Crippen MR) is 88.4 cm³/mol. The smallest absolute Gasteiger partial charge is 0.178 e. The Morgan fingerprint density at radius 3 is 2.71 bits per heavy atom. The average Bonchev–Trinajstić information content (AvgIpc) is 2.45. The molecular formula is C16H16BrNO2S. The highest BCUT2D eigenvalue weighted by atomic mass is 79.9. The van der Waals surface area contributed by atoms with E-state index in [2.05, 4.69) is 21.2 Å². The van der Waals surface area contributed by atoms with Gasteiger partial charge in [-0.25, -0.2) is 8.42 Å². The fraction of sp³-hybridized carbons (Fsp3) is 0.250. The second-order valence-electron chi connectivity index (χ2n) is 5.33. The molecule has 1 atom stereocenters. The molecule has 2 aromatic carbocycles. The van der Waals surface area contributed by atoms with Gasteiger partial charge in [-0.2, -0.15) is 0 Å². The molecule has 1 aliphatic rings. The Labute approximate surface area is 133 Å². The van der Waals surface area contributed by atoms with E-state index in [1.165, 1.54) is 5.56 Å². The second-order valence-corrected chi connectivity index (χ2v) is 8.26. The molecule has 1 N–H and O–H groups in total. The third-order valence-electron chi connectivity index (χ3n) is 3.76. The number of fused-ring (bicyclic) bond motifs is 1. The average molecular weight is 366 g/mol. The van der Waals surface area contributed by atoms with Crippen LogP contribution in [0.4, 0.5) is 5.69 Å². The van der Waals surface area contributed by atoms with Crippen LogP contribution < -0.4 is 5.32 Å². The maximum atomic E-state index is 12.1. The highest BCUT2D eigenvalue weighted by Gasteiger charge is 2.29. The molecule has 1 heterocycles. The Hall–Kier alpha value is -1.33. The van der Waals surface area contributed by atoms with Crippen LogP contribution in [0.15, 0.2) is 51.8 Å². The number of hydrogen-bond acceptors (Lipinski definition) is 3. The van der Waals surface area contributed by atoms with Gasteiger partial charge in [-0.15, -0.1) is 0 Å². The van der Waals surface area contributed by atoms with Crippen molar-refractivity contribution in [2.75, 3.05) is 11.1 Å². The molecule has 0 spiro atoms. The first-order valence-corrected chi connectivity index (χ1v) is 9.26. The molecule has 0 aliphatic carbocycles. The summed E-state index contributed by atoms with van der Waals surface area (Å²) in [6, 6.07) is 13.4. The molecule has 0 bridgehead atoms. The lowest BCUT2D eigenvalue weighted by Crippen LogP contribution is -2.24. The van der Waals surface area contributed by atoms with Gasteiger partial charge in [0, 0.05) is 10.2 Å². The van der Waals surface area contributed by atoms with Crippen molar-refractivity contribution in [2.45, 2.75) is 24.3 Å². The molecule has 0 aromatic heterocycles. The number of halogens is 1. The van der Waals surface area contributed by atoms with Gasteiger partial charge in [-0.3, -0.25) is 0 Å². The van der Waals surface area contributed by atoms with Crippen molar-refractivity contribution in [3.05, 3.63) is 58.1 Å². The van der Waals surface area contributed by atoms with Crippen molar-refractivity contribution in [3.8, 4) is 0 Å². The fourth-order valence-electron chi connectivity index (χ4n) is 2.66. The van der Waals surface area contributed by atoms with Crippen LogP contribution in [-0.4, -0.2) is 14.2 Å². The first kappa shape index (κ1) is 14.6. The minimum atomic E-state index is -3.14. The van der Waals surface area contributed by atoms with E-state index in [9.17, 15) is 8.42 Å². The maximum Gasteiger partial charge on any atom is 0.178 e. The molecule has 0 amide bonds. The summed E-state index contributed by atoms with van der Waals surface area (Å²) in [6.07, 6.45) is 0.583. The molecule has 2 aromatic rings. The van der Waals surface area contributed by atoms with Gasteiger partial charge in [0.1, 0.15) is 0 Å². The van der Waals surface area contributed by atoms with E-state index in [4.69, 9.17) is 0 Å². The molecule has 1 unspecified atom stereocenters. The first-order chi connectivity index (χ1) is 9.97. The summed E-state index contributed by atoms with van der Waals surface area (Å²) >= 11 is 3.56. The van der Waals surface area contributed by atoms with Gasteiger partial charge < -0.3 is 5.32 Å². The van der Waals surface area contributed by atoms with Crippen molar-refractivity contribution in [3.63, 3.8) is 0 Å². The lowest BCUT2D eigenvalue weighted by molar-refractivity contribution is 0.576. The SMILES string of the molecule is Cc1ccc(NC2CCS(=O)(=O)c3ccccc32)c(Br)c1. The van der Waals surface area contributed by atoms with E-state index >= 15 is 0 Å². The van der Waals surface area contributed by atoms with Crippen LogP contribution in [0, 0.1) is 6.92 Å². The summed E-state index contributed by atoms with van der Waals surface area (Å²) in [5.41, 5.74) is 3.02. The van der Waals surface area contributed by atoms with Crippen molar-refractivity contribution in [1.29, 1.82) is 0 Å². The molecular weight excluding hydrogens is 350 g/mol. The van der Waals surface area contributed by atoms with Crippen LogP contribution in [0.1, 0.15) is 23.6 Å².